The van der Waals surface area contributed by atoms with E-state index < -0.39 is 0 Å². The van der Waals surface area contributed by atoms with Crippen molar-refractivity contribution in [1.82, 2.24) is 24.6 Å². The molecule has 0 radical (unpaired) electrons. The molecule has 1 N–H and O–H groups in total. The number of rotatable bonds is 4. The fourth-order valence-electron chi connectivity index (χ4n) is 2.61. The Hall–Kier alpha value is -3.28. The van der Waals surface area contributed by atoms with Crippen LogP contribution in [0.3, 0.4) is 0 Å². The molecule has 0 aliphatic rings. The molecular weight excluding hydrogens is 312 g/mol. The lowest BCUT2D eigenvalue weighted by molar-refractivity contribution is 0.926. The van der Waals surface area contributed by atoms with E-state index in [-0.39, 0.29) is 0 Å². The van der Waals surface area contributed by atoms with Gasteiger partial charge in [-0.3, -0.25) is 0 Å². The third-order valence-electron chi connectivity index (χ3n) is 4.03. The van der Waals surface area contributed by atoms with Crippen molar-refractivity contribution >= 4 is 11.5 Å². The molecule has 0 unspecified atom stereocenters. The van der Waals surface area contributed by atoms with Crippen molar-refractivity contribution in [3.8, 4) is 11.3 Å². The van der Waals surface area contributed by atoms with Gasteiger partial charge < -0.3 is 5.32 Å². The fraction of sp³-hybridized carbons (Fsp3) is 0.158. The molecule has 0 atom stereocenters. The van der Waals surface area contributed by atoms with Crippen LogP contribution in [0.25, 0.3) is 16.9 Å². The monoisotopic (exact) mass is 330 g/mol. The zero-order chi connectivity index (χ0) is 17.2. The van der Waals surface area contributed by atoms with Gasteiger partial charge in [0.15, 0.2) is 5.65 Å². The van der Waals surface area contributed by atoms with Gasteiger partial charge in [0.1, 0.15) is 11.6 Å². The van der Waals surface area contributed by atoms with E-state index in [0.29, 0.717) is 6.54 Å². The van der Waals surface area contributed by atoms with E-state index in [1.54, 1.807) is 23.1 Å². The Bertz CT molecular complexity index is 1000. The van der Waals surface area contributed by atoms with Gasteiger partial charge in [0.25, 0.3) is 0 Å². The molecule has 3 aromatic heterocycles. The number of nitrogens with one attached hydrogen (secondary N) is 1. The van der Waals surface area contributed by atoms with Crippen LogP contribution < -0.4 is 5.32 Å². The molecule has 0 fully saturated rings. The average Bonchev–Trinajstić information content (AvgIpc) is 3.10. The first-order valence-electron chi connectivity index (χ1n) is 8.12. The summed E-state index contributed by atoms with van der Waals surface area (Å²) in [5.41, 5.74) is 4.95. The molecule has 0 amide bonds. The molecule has 0 aliphatic heterocycles. The van der Waals surface area contributed by atoms with Crippen LogP contribution in [-0.2, 0) is 6.54 Å². The first kappa shape index (κ1) is 15.3. The summed E-state index contributed by atoms with van der Waals surface area (Å²) in [5, 5.41) is 7.81. The maximum atomic E-state index is 4.64. The van der Waals surface area contributed by atoms with Crippen molar-refractivity contribution in [2.75, 3.05) is 5.32 Å². The second-order valence-electron chi connectivity index (χ2n) is 5.99. The quantitative estimate of drug-likeness (QED) is 0.621. The Labute approximate surface area is 145 Å². The van der Waals surface area contributed by atoms with E-state index in [1.165, 1.54) is 11.1 Å². The molecule has 25 heavy (non-hydrogen) atoms. The van der Waals surface area contributed by atoms with Gasteiger partial charge in [-0.2, -0.15) is 9.61 Å². The molecule has 0 aliphatic carbocycles. The minimum atomic E-state index is 0.711. The molecule has 4 aromatic rings. The Morgan fingerprint density at radius 1 is 1.00 bits per heavy atom. The number of aryl methyl sites for hydroxylation is 2. The van der Waals surface area contributed by atoms with Crippen LogP contribution in [0.4, 0.5) is 5.82 Å². The summed E-state index contributed by atoms with van der Waals surface area (Å²) in [6.45, 7) is 4.66. The first-order valence-corrected chi connectivity index (χ1v) is 8.12. The number of fused-ring (bicyclic) bond motifs is 1. The van der Waals surface area contributed by atoms with Gasteiger partial charge >= 0.3 is 0 Å². The van der Waals surface area contributed by atoms with Crippen LogP contribution in [0.5, 0.6) is 0 Å². The summed E-state index contributed by atoms with van der Waals surface area (Å²) in [6.07, 6.45) is 5.33. The highest BCUT2D eigenvalue weighted by Gasteiger charge is 2.09. The summed E-state index contributed by atoms with van der Waals surface area (Å²) >= 11 is 0. The molecule has 3 heterocycles. The molecular formula is C19H18N6. The molecule has 6 nitrogen and oxygen atoms in total. The van der Waals surface area contributed by atoms with Crippen molar-refractivity contribution < 1.29 is 0 Å². The summed E-state index contributed by atoms with van der Waals surface area (Å²) in [5.74, 6) is 1.62. The molecule has 1 aromatic carbocycles. The second kappa shape index (κ2) is 6.32. The van der Waals surface area contributed by atoms with Crippen molar-refractivity contribution in [1.29, 1.82) is 0 Å². The van der Waals surface area contributed by atoms with Crippen LogP contribution in [0.1, 0.15) is 17.0 Å². The number of hydrogen-bond donors (Lipinski definition) is 1. The lowest BCUT2D eigenvalue weighted by atomic mass is 10.1. The van der Waals surface area contributed by atoms with E-state index in [1.807, 2.05) is 19.1 Å². The lowest BCUT2D eigenvalue weighted by Gasteiger charge is -2.11. The molecule has 124 valence electrons. The molecule has 6 heteroatoms. The number of anilines is 1. The average molecular weight is 330 g/mol. The van der Waals surface area contributed by atoms with Gasteiger partial charge in [0.05, 0.1) is 11.9 Å². The maximum Gasteiger partial charge on any atom is 0.157 e. The Kier molecular flexibility index (Phi) is 3.85. The van der Waals surface area contributed by atoms with Gasteiger partial charge in [-0.25, -0.2) is 15.0 Å². The van der Waals surface area contributed by atoms with Gasteiger partial charge in [0, 0.05) is 36.6 Å². The fourth-order valence-corrected chi connectivity index (χ4v) is 2.61. The van der Waals surface area contributed by atoms with Crippen LogP contribution in [0.2, 0.25) is 0 Å². The van der Waals surface area contributed by atoms with Gasteiger partial charge in [-0.1, -0.05) is 29.8 Å². The van der Waals surface area contributed by atoms with Gasteiger partial charge in [-0.05, 0) is 19.4 Å². The predicted molar refractivity (Wildman–Crippen MR) is 97.3 cm³/mol. The third-order valence-corrected chi connectivity index (χ3v) is 4.03. The Morgan fingerprint density at radius 3 is 2.52 bits per heavy atom. The van der Waals surface area contributed by atoms with E-state index in [0.717, 1.165) is 28.5 Å². The molecule has 4 rings (SSSR count). The maximum absolute atomic E-state index is 4.64. The highest BCUT2D eigenvalue weighted by Crippen LogP contribution is 2.21. The Balaban J connectivity index is 1.68. The van der Waals surface area contributed by atoms with Crippen LogP contribution in [0, 0.1) is 13.8 Å². The van der Waals surface area contributed by atoms with Crippen molar-refractivity contribution in [3.05, 3.63) is 71.9 Å². The summed E-state index contributed by atoms with van der Waals surface area (Å²) in [4.78, 5) is 13.2. The number of nitrogens with zero attached hydrogens (tertiary/aromatic N) is 5. The lowest BCUT2D eigenvalue weighted by Crippen LogP contribution is -2.06. The van der Waals surface area contributed by atoms with E-state index in [4.69, 9.17) is 0 Å². The summed E-state index contributed by atoms with van der Waals surface area (Å²) in [6, 6.07) is 12.3. The van der Waals surface area contributed by atoms with Gasteiger partial charge in [-0.15, -0.1) is 0 Å². The number of aromatic nitrogens is 5. The minimum Gasteiger partial charge on any atom is -0.366 e. The zero-order valence-corrected chi connectivity index (χ0v) is 14.1. The van der Waals surface area contributed by atoms with E-state index in [9.17, 15) is 0 Å². The standard InChI is InChI=1S/C19H18N6/c1-13-3-5-15(6-4-13)10-22-19-9-17(16-11-20-14(2)21-12-16)24-18-7-8-23-25(18)19/h3-9,11-12,22H,10H2,1-2H3. The SMILES string of the molecule is Cc1ccc(CNc2cc(-c3cnc(C)nc3)nc3ccnn23)cc1. The van der Waals surface area contributed by atoms with Crippen molar-refractivity contribution in [3.63, 3.8) is 0 Å². The summed E-state index contributed by atoms with van der Waals surface area (Å²) < 4.78 is 1.80. The van der Waals surface area contributed by atoms with Crippen molar-refractivity contribution in [2.45, 2.75) is 20.4 Å². The smallest absolute Gasteiger partial charge is 0.157 e. The largest absolute Gasteiger partial charge is 0.366 e. The molecule has 0 bridgehead atoms. The topological polar surface area (TPSA) is 68.0 Å². The third kappa shape index (κ3) is 3.19. The second-order valence-corrected chi connectivity index (χ2v) is 5.99. The predicted octanol–water partition coefficient (Wildman–Crippen LogP) is 3.42. The van der Waals surface area contributed by atoms with Crippen LogP contribution in [-0.4, -0.2) is 24.6 Å². The number of benzene rings is 1. The van der Waals surface area contributed by atoms with E-state index in [2.05, 4.69) is 56.6 Å². The zero-order valence-electron chi connectivity index (χ0n) is 14.1. The van der Waals surface area contributed by atoms with Crippen LogP contribution in [0.15, 0.2) is 55.0 Å². The first-order chi connectivity index (χ1) is 12.2. The highest BCUT2D eigenvalue weighted by atomic mass is 15.3. The van der Waals surface area contributed by atoms with Crippen LogP contribution >= 0.6 is 0 Å². The van der Waals surface area contributed by atoms with E-state index >= 15 is 0 Å². The molecule has 0 spiro atoms. The normalized spacial score (nSPS) is 11.0. The van der Waals surface area contributed by atoms with Crippen molar-refractivity contribution in [2.24, 2.45) is 0 Å². The Morgan fingerprint density at radius 2 is 1.76 bits per heavy atom. The molecule has 0 saturated heterocycles. The van der Waals surface area contributed by atoms with Gasteiger partial charge in [0.2, 0.25) is 0 Å². The number of hydrogen-bond acceptors (Lipinski definition) is 5. The minimum absolute atomic E-state index is 0.711. The molecule has 0 saturated carbocycles. The highest BCUT2D eigenvalue weighted by molar-refractivity contribution is 5.65. The summed E-state index contributed by atoms with van der Waals surface area (Å²) in [7, 11) is 0.